The number of fused-ring (bicyclic) bond motifs is 1. The number of pyridine rings is 1. The molecule has 3 aromatic rings. The van der Waals surface area contributed by atoms with Crippen LogP contribution in [0.15, 0.2) is 46.7 Å². The minimum absolute atomic E-state index is 0.0784. The Kier molecular flexibility index (Phi) is 4.52. The molecule has 1 amide bonds. The molecule has 3 rings (SSSR count). The smallest absolute Gasteiger partial charge is 0.259 e. The van der Waals surface area contributed by atoms with E-state index in [0.29, 0.717) is 22.6 Å². The maximum absolute atomic E-state index is 12.3. The van der Waals surface area contributed by atoms with Gasteiger partial charge < -0.3 is 19.4 Å². The molecule has 0 saturated heterocycles. The number of carbonyl (C=O) groups is 1. The van der Waals surface area contributed by atoms with Gasteiger partial charge in [0, 0.05) is 17.0 Å². The van der Waals surface area contributed by atoms with E-state index in [4.69, 9.17) is 9.47 Å². The maximum Gasteiger partial charge on any atom is 0.259 e. The van der Waals surface area contributed by atoms with Gasteiger partial charge in [-0.2, -0.15) is 0 Å². The molecule has 0 atom stereocenters. The number of hydrogen-bond acceptors (Lipinski definition) is 5. The Morgan fingerprint density at radius 2 is 2.04 bits per heavy atom. The summed E-state index contributed by atoms with van der Waals surface area (Å²) in [5, 5.41) is 5.23. The van der Waals surface area contributed by atoms with Crippen LogP contribution in [-0.2, 0) is 11.3 Å². The highest BCUT2D eigenvalue weighted by molar-refractivity contribution is 7.17. The predicted molar refractivity (Wildman–Crippen MR) is 94.3 cm³/mol. The van der Waals surface area contributed by atoms with Gasteiger partial charge in [0.05, 0.1) is 25.3 Å². The molecule has 0 aliphatic heterocycles. The van der Waals surface area contributed by atoms with E-state index in [1.165, 1.54) is 23.0 Å². The predicted octanol–water partition coefficient (Wildman–Crippen LogP) is 2.72. The first-order valence-corrected chi connectivity index (χ1v) is 8.09. The van der Waals surface area contributed by atoms with E-state index in [-0.39, 0.29) is 18.0 Å². The number of benzene rings is 1. The van der Waals surface area contributed by atoms with E-state index in [9.17, 15) is 9.59 Å². The molecule has 0 spiro atoms. The highest BCUT2D eigenvalue weighted by Gasteiger charge is 2.11. The number of carbonyl (C=O) groups excluding carboxylic acids is 1. The van der Waals surface area contributed by atoms with Crippen molar-refractivity contribution in [2.45, 2.75) is 6.54 Å². The van der Waals surface area contributed by atoms with Gasteiger partial charge in [0.25, 0.3) is 5.56 Å². The molecule has 2 aromatic heterocycles. The van der Waals surface area contributed by atoms with E-state index < -0.39 is 0 Å². The summed E-state index contributed by atoms with van der Waals surface area (Å²) in [5.74, 6) is 0.797. The molecule has 0 aliphatic carbocycles. The first kappa shape index (κ1) is 16.1. The Morgan fingerprint density at radius 3 is 2.79 bits per heavy atom. The van der Waals surface area contributed by atoms with Crippen molar-refractivity contribution in [1.82, 2.24) is 4.57 Å². The molecule has 0 radical (unpaired) electrons. The van der Waals surface area contributed by atoms with Gasteiger partial charge in [-0.1, -0.05) is 0 Å². The van der Waals surface area contributed by atoms with Gasteiger partial charge in [0.2, 0.25) is 5.91 Å². The zero-order chi connectivity index (χ0) is 17.1. The lowest BCUT2D eigenvalue weighted by molar-refractivity contribution is -0.116. The topological polar surface area (TPSA) is 69.6 Å². The van der Waals surface area contributed by atoms with Crippen LogP contribution >= 0.6 is 11.3 Å². The van der Waals surface area contributed by atoms with Crippen LogP contribution < -0.4 is 20.3 Å². The number of rotatable bonds is 5. The molecule has 0 saturated carbocycles. The van der Waals surface area contributed by atoms with Gasteiger partial charge in [-0.05, 0) is 29.6 Å². The zero-order valence-corrected chi connectivity index (χ0v) is 14.1. The number of anilines is 1. The number of amides is 1. The Hall–Kier alpha value is -2.80. The highest BCUT2D eigenvalue weighted by atomic mass is 32.1. The molecule has 6 nitrogen and oxygen atoms in total. The second-order valence-corrected chi connectivity index (χ2v) is 6.01. The molecular formula is C17H16N2O4S. The zero-order valence-electron chi connectivity index (χ0n) is 13.2. The minimum Gasteiger partial charge on any atom is -0.497 e. The van der Waals surface area contributed by atoms with Gasteiger partial charge in [-0.25, -0.2) is 0 Å². The minimum atomic E-state index is -0.321. The van der Waals surface area contributed by atoms with Crippen LogP contribution in [0, 0.1) is 0 Å². The standard InChI is InChI=1S/C17H16N2O4S/c1-22-11-3-4-14(23-2)13(9-11)18-16(20)10-19-7-5-15-12(17(19)21)6-8-24-15/h3-9H,10H2,1-2H3,(H,18,20). The third kappa shape index (κ3) is 3.11. The van der Waals surface area contributed by atoms with Crippen molar-refractivity contribution in [3.63, 3.8) is 0 Å². The lowest BCUT2D eigenvalue weighted by atomic mass is 10.2. The quantitative estimate of drug-likeness (QED) is 0.773. The number of nitrogens with zero attached hydrogens (tertiary/aromatic N) is 1. The van der Waals surface area contributed by atoms with Crippen molar-refractivity contribution in [1.29, 1.82) is 0 Å². The van der Waals surface area contributed by atoms with Crippen molar-refractivity contribution in [2.75, 3.05) is 19.5 Å². The summed E-state index contributed by atoms with van der Waals surface area (Å²) in [6.45, 7) is -0.0784. The van der Waals surface area contributed by atoms with Crippen LogP contribution in [0.4, 0.5) is 5.69 Å². The van der Waals surface area contributed by atoms with Crippen molar-refractivity contribution in [3.05, 3.63) is 52.3 Å². The van der Waals surface area contributed by atoms with Crippen molar-refractivity contribution < 1.29 is 14.3 Å². The molecule has 1 N–H and O–H groups in total. The summed E-state index contributed by atoms with van der Waals surface area (Å²) in [5.41, 5.74) is 0.313. The molecular weight excluding hydrogens is 328 g/mol. The maximum atomic E-state index is 12.3. The summed E-state index contributed by atoms with van der Waals surface area (Å²) in [4.78, 5) is 24.7. The molecule has 0 bridgehead atoms. The third-order valence-corrected chi connectivity index (χ3v) is 4.47. The number of aromatic nitrogens is 1. The SMILES string of the molecule is COc1ccc(OC)c(NC(=O)Cn2ccc3sccc3c2=O)c1. The Balaban J connectivity index is 1.82. The first-order chi connectivity index (χ1) is 11.6. The van der Waals surface area contributed by atoms with Gasteiger partial charge in [-0.3, -0.25) is 9.59 Å². The monoisotopic (exact) mass is 344 g/mol. The molecule has 24 heavy (non-hydrogen) atoms. The average Bonchev–Trinajstić information content (AvgIpc) is 3.06. The summed E-state index contributed by atoms with van der Waals surface area (Å²) in [6.07, 6.45) is 1.63. The summed E-state index contributed by atoms with van der Waals surface area (Å²) < 4.78 is 12.7. The summed E-state index contributed by atoms with van der Waals surface area (Å²) in [6, 6.07) is 8.71. The fourth-order valence-electron chi connectivity index (χ4n) is 2.39. The van der Waals surface area contributed by atoms with Crippen LogP contribution in [0.25, 0.3) is 10.1 Å². The summed E-state index contributed by atoms with van der Waals surface area (Å²) in [7, 11) is 3.06. The number of hydrogen-bond donors (Lipinski definition) is 1. The number of ether oxygens (including phenoxy) is 2. The second kappa shape index (κ2) is 6.76. The lowest BCUT2D eigenvalue weighted by Gasteiger charge is -2.12. The molecule has 7 heteroatoms. The van der Waals surface area contributed by atoms with Crippen molar-refractivity contribution >= 4 is 33.0 Å². The normalized spacial score (nSPS) is 10.6. The van der Waals surface area contributed by atoms with Crippen LogP contribution in [-0.4, -0.2) is 24.7 Å². The van der Waals surface area contributed by atoms with Crippen molar-refractivity contribution in [3.8, 4) is 11.5 Å². The molecule has 1 aromatic carbocycles. The molecule has 0 unspecified atom stereocenters. The van der Waals surface area contributed by atoms with Gasteiger partial charge in [-0.15, -0.1) is 11.3 Å². The number of nitrogens with one attached hydrogen (secondary N) is 1. The molecule has 124 valence electrons. The summed E-state index contributed by atoms with van der Waals surface area (Å²) >= 11 is 1.50. The van der Waals surface area contributed by atoms with Crippen molar-refractivity contribution in [2.24, 2.45) is 0 Å². The Labute approximate surface area is 142 Å². The first-order valence-electron chi connectivity index (χ1n) is 7.21. The van der Waals surface area contributed by atoms with Gasteiger partial charge in [0.15, 0.2) is 0 Å². The fraction of sp³-hybridized carbons (Fsp3) is 0.176. The number of methoxy groups -OCH3 is 2. The van der Waals surface area contributed by atoms with Gasteiger partial charge in [0.1, 0.15) is 18.0 Å². The van der Waals surface area contributed by atoms with E-state index >= 15 is 0 Å². The number of thiophene rings is 1. The van der Waals surface area contributed by atoms with E-state index in [2.05, 4.69) is 5.32 Å². The molecule has 0 aliphatic rings. The van der Waals surface area contributed by atoms with Crippen LogP contribution in [0.1, 0.15) is 0 Å². The highest BCUT2D eigenvalue weighted by Crippen LogP contribution is 2.28. The van der Waals surface area contributed by atoms with E-state index in [1.54, 1.807) is 37.6 Å². The third-order valence-electron chi connectivity index (χ3n) is 3.59. The molecule has 2 heterocycles. The average molecular weight is 344 g/mol. The molecule has 0 fully saturated rings. The van der Waals surface area contributed by atoms with Gasteiger partial charge >= 0.3 is 0 Å². The van der Waals surface area contributed by atoms with Crippen LogP contribution in [0.5, 0.6) is 11.5 Å². The second-order valence-electron chi connectivity index (χ2n) is 5.06. The largest absolute Gasteiger partial charge is 0.497 e. The van der Waals surface area contributed by atoms with E-state index in [0.717, 1.165) is 4.70 Å². The Bertz CT molecular complexity index is 945. The van der Waals surface area contributed by atoms with Crippen LogP contribution in [0.3, 0.4) is 0 Å². The van der Waals surface area contributed by atoms with Crippen LogP contribution in [0.2, 0.25) is 0 Å². The lowest BCUT2D eigenvalue weighted by Crippen LogP contribution is -2.27. The van der Waals surface area contributed by atoms with E-state index in [1.807, 2.05) is 11.4 Å². The fourth-order valence-corrected chi connectivity index (χ4v) is 3.16. The Morgan fingerprint density at radius 1 is 1.21 bits per heavy atom.